The molecule has 0 atom stereocenters. The number of ether oxygens (including phenoxy) is 1. The molecule has 6 heterocycles. The highest BCUT2D eigenvalue weighted by Crippen LogP contribution is 2.43. The summed E-state index contributed by atoms with van der Waals surface area (Å²) in [6, 6.07) is 34.2. The Balaban J connectivity index is 0.000000170. The first-order valence-corrected chi connectivity index (χ1v) is 49.0. The van der Waals surface area contributed by atoms with Gasteiger partial charge in [0, 0.05) is 47.8 Å². The summed E-state index contributed by atoms with van der Waals surface area (Å²) in [4.78, 5) is 107. The maximum Gasteiger partial charge on any atom is 0.573 e. The van der Waals surface area contributed by atoms with Crippen molar-refractivity contribution in [3.05, 3.63) is 207 Å². The van der Waals surface area contributed by atoms with Crippen molar-refractivity contribution in [2.45, 2.75) is 309 Å². The number of hydrogen-bond donors (Lipinski definition) is 10. The van der Waals surface area contributed by atoms with Crippen LogP contribution in [0, 0.1) is 88.8 Å². The fourth-order valence-corrected chi connectivity index (χ4v) is 17.1. The van der Waals surface area contributed by atoms with Crippen molar-refractivity contribution in [2.24, 2.45) is 10.8 Å². The van der Waals surface area contributed by atoms with E-state index in [0.717, 1.165) is 106 Å². The monoisotopic (exact) mass is 2060 g/mol. The fourth-order valence-electron chi connectivity index (χ4n) is 17.1. The largest absolute Gasteiger partial charge is 0.573 e. The predicted molar refractivity (Wildman–Crippen MR) is 568 cm³/mol. The Labute approximate surface area is 861 Å². The van der Waals surface area contributed by atoms with Crippen molar-refractivity contribution < 1.29 is 84.7 Å². The van der Waals surface area contributed by atoms with Crippen molar-refractivity contribution in [1.29, 1.82) is 0 Å². The molecule has 794 valence electrons. The second kappa shape index (κ2) is 44.9. The van der Waals surface area contributed by atoms with Crippen molar-refractivity contribution in [2.75, 3.05) is 31.9 Å². The van der Waals surface area contributed by atoms with Crippen LogP contribution in [-0.2, 0) is 39.8 Å². The van der Waals surface area contributed by atoms with E-state index in [2.05, 4.69) is 76.2 Å². The highest BCUT2D eigenvalue weighted by molar-refractivity contribution is 5.98. The molecule has 0 saturated heterocycles. The van der Waals surface area contributed by atoms with E-state index in [4.69, 9.17) is 13.1 Å². The summed E-state index contributed by atoms with van der Waals surface area (Å²) in [5.74, 6) is -1.87. The number of carbonyl (C=O) groups excluding carboxylic acids is 6. The topological polar surface area (TPSA) is 380 Å². The minimum Gasteiger partial charge on any atom is -0.406 e. The van der Waals surface area contributed by atoms with Crippen LogP contribution in [0.2, 0.25) is 0 Å². The van der Waals surface area contributed by atoms with Gasteiger partial charge in [0.1, 0.15) is 40.1 Å². The zero-order valence-electron chi connectivity index (χ0n) is 89.3. The number of halogens is 7. The summed E-state index contributed by atoms with van der Waals surface area (Å²) in [5, 5.41) is 55.9. The molecule has 6 amide bonds. The van der Waals surface area contributed by atoms with E-state index in [0.29, 0.717) is 98.3 Å². The number of aliphatic hydroxyl groups is 4. The molecule has 38 heteroatoms. The number of imidazole rings is 6. The van der Waals surface area contributed by atoms with Crippen LogP contribution in [0.15, 0.2) is 127 Å². The van der Waals surface area contributed by atoms with E-state index < -0.39 is 40.4 Å². The lowest BCUT2D eigenvalue weighted by molar-refractivity contribution is -0.274. The second-order valence-corrected chi connectivity index (χ2v) is 45.3. The summed E-state index contributed by atoms with van der Waals surface area (Å²) >= 11 is 0. The SMILES string of the molecule is Cc1cc(F)c2c(c1)nc(NC(=O)CC(C)(C)O)n2C1CCC1.Cc1cc(F)c2c(c1)nc(NC(=O)CC(C)(C)O)n2C1CCC1.Cc1ccc2nc(NC(=O)CC(C)(C)C)n(-c3cc(F)cc(F)c3)c2c1.Cc1ccc2nc(NC(=O)CC(C)(C)C)n(-c3ccc(OC(F)(F)F)cc3)c2c1.[C-]#[N+]c1cc2c(cc1C)nc(NC(=O)CC(C)(C)O)n2C(C)(C)C.[C-]#[N+]c1cc2c(cc1C)nc(NC(=O)CC(C)(C)O)n2C(C)(C)C. The molecule has 6 aromatic heterocycles. The van der Waals surface area contributed by atoms with Gasteiger partial charge < -0.3 is 43.4 Å². The molecule has 149 heavy (non-hydrogen) atoms. The average molecular weight is 2060 g/mol. The highest BCUT2D eigenvalue weighted by atomic mass is 19.4. The molecule has 31 nitrogen and oxygen atoms in total. The van der Waals surface area contributed by atoms with Gasteiger partial charge in [0.2, 0.25) is 71.1 Å². The molecule has 14 aromatic rings. The Morgan fingerprint density at radius 2 is 0.664 bits per heavy atom. The number of aromatic nitrogens is 12. The molecule has 8 aromatic carbocycles. The summed E-state index contributed by atoms with van der Waals surface area (Å²) in [6.45, 7) is 62.3. The van der Waals surface area contributed by atoms with Gasteiger partial charge in [-0.3, -0.25) is 69.8 Å². The third-order valence-electron chi connectivity index (χ3n) is 23.5. The lowest BCUT2D eigenvalue weighted by atomic mass is 9.92. The van der Waals surface area contributed by atoms with Crippen LogP contribution in [-0.4, -0.2) is 142 Å². The molecule has 0 bridgehead atoms. The summed E-state index contributed by atoms with van der Waals surface area (Å²) in [5.41, 5.74) is 9.54. The Morgan fingerprint density at radius 3 is 0.966 bits per heavy atom. The van der Waals surface area contributed by atoms with E-state index in [1.807, 2.05) is 207 Å². The van der Waals surface area contributed by atoms with Gasteiger partial charge in [0.05, 0.1) is 122 Å². The van der Waals surface area contributed by atoms with Crippen LogP contribution < -0.4 is 36.6 Å². The molecule has 2 saturated carbocycles. The van der Waals surface area contributed by atoms with Crippen LogP contribution >= 0.6 is 0 Å². The van der Waals surface area contributed by atoms with Gasteiger partial charge in [0.15, 0.2) is 11.4 Å². The van der Waals surface area contributed by atoms with E-state index in [9.17, 15) is 79.9 Å². The maximum atomic E-state index is 14.4. The van der Waals surface area contributed by atoms with Crippen molar-refractivity contribution in [3.8, 4) is 17.1 Å². The van der Waals surface area contributed by atoms with Crippen molar-refractivity contribution in [3.63, 3.8) is 0 Å². The molecule has 2 aliphatic rings. The van der Waals surface area contributed by atoms with Gasteiger partial charge in [0.25, 0.3) is 0 Å². The molecular weight excluding hydrogens is 1920 g/mol. The highest BCUT2D eigenvalue weighted by Gasteiger charge is 2.36. The lowest BCUT2D eigenvalue weighted by Gasteiger charge is -2.29. The van der Waals surface area contributed by atoms with Crippen LogP contribution in [0.3, 0.4) is 0 Å². The minimum absolute atomic E-state index is 0.0212. The number of alkyl halides is 3. The Morgan fingerprint density at radius 1 is 0.356 bits per heavy atom. The molecule has 0 spiro atoms. The summed E-state index contributed by atoms with van der Waals surface area (Å²) < 4.78 is 108. The lowest BCUT2D eigenvalue weighted by Crippen LogP contribution is -2.30. The normalized spacial score (nSPS) is 13.2. The number of aryl methyl sites for hydroxylation is 6. The Kier molecular flexibility index (Phi) is 34.6. The number of nitrogens with zero attached hydrogens (tertiary/aromatic N) is 14. The number of fused-ring (bicyclic) bond motifs is 6. The smallest absolute Gasteiger partial charge is 0.406 e. The number of hydrogen-bond acceptors (Lipinski definition) is 17. The van der Waals surface area contributed by atoms with Crippen molar-refractivity contribution in [1.82, 2.24) is 57.3 Å². The van der Waals surface area contributed by atoms with Crippen LogP contribution in [0.1, 0.15) is 261 Å². The standard InChI is InChI=1S/C21H22F3N3O2.C20H21F2N3O.2C18H24N4O2.2C17H22FN3O2/c1-13-5-10-16-17(11-13)27(19(25-16)26-18(28)12-20(2,3)4)14-6-8-15(9-7-14)29-21(22,23)24;1-12-5-6-16-17(7-12)25(15-9-13(21)8-14(22)10-15)19(23-16)24-18(26)11-20(2,3)4;2*1-11-8-13-14(9-12(11)19-7)22(17(2,3)4)16(20-13)21-15(23)10-18(5,6)24;2*1-10-7-12(18)15-13(8-10)19-16(21(15)11-5-4-6-11)20-14(22)9-17(2,3)23/h5-11H,12H2,1-4H3,(H,25,26,28);5-10H,11H2,1-4H3,(H,23,24,26);2*8-9,24H,10H2,1-6H3,(H,20,21,23);2*7-8,11,23H,4-6,9H2,1-3H3,(H,19,20,22). The van der Waals surface area contributed by atoms with Crippen LogP contribution in [0.5, 0.6) is 5.75 Å². The average Bonchev–Trinajstić information content (AvgIpc) is 1.65. The Hall–Kier alpha value is -14.5. The molecule has 0 radical (unpaired) electrons. The first-order chi connectivity index (χ1) is 68.9. The number of benzene rings is 8. The molecule has 16 rings (SSSR count). The van der Waals surface area contributed by atoms with E-state index in [1.54, 1.807) is 73.7 Å². The fraction of sp³-hybridized carbons (Fsp3) is 0.441. The zero-order chi connectivity index (χ0) is 111. The number of nitrogens with one attached hydrogen (secondary N) is 6. The molecule has 0 unspecified atom stereocenters. The molecule has 2 fully saturated rings. The quantitative estimate of drug-likeness (QED) is 0.0236. The number of amides is 6. The third kappa shape index (κ3) is 31.1. The van der Waals surface area contributed by atoms with Crippen LogP contribution in [0.4, 0.5) is 77.8 Å². The van der Waals surface area contributed by atoms with Crippen LogP contribution in [0.25, 0.3) is 87.3 Å². The molecule has 0 aliphatic heterocycles. The molecular formula is C111H135F7N20O11. The Bertz CT molecular complexity index is 7160. The second-order valence-electron chi connectivity index (χ2n) is 45.3. The number of anilines is 6. The van der Waals surface area contributed by atoms with E-state index in [1.165, 1.54) is 48.5 Å². The third-order valence-corrected chi connectivity index (χ3v) is 23.5. The van der Waals surface area contributed by atoms with E-state index in [-0.39, 0.29) is 124 Å². The number of rotatable bonds is 21. The molecule has 10 N–H and O–H groups in total. The minimum atomic E-state index is -4.76. The summed E-state index contributed by atoms with van der Waals surface area (Å²) in [7, 11) is 0. The van der Waals surface area contributed by atoms with Gasteiger partial charge >= 0.3 is 6.36 Å². The van der Waals surface area contributed by atoms with E-state index >= 15 is 0 Å². The van der Waals surface area contributed by atoms with Gasteiger partial charge in [-0.25, -0.2) is 57.2 Å². The zero-order valence-corrected chi connectivity index (χ0v) is 89.3. The van der Waals surface area contributed by atoms with Gasteiger partial charge in [-0.1, -0.05) is 53.7 Å². The van der Waals surface area contributed by atoms with Gasteiger partial charge in [-0.2, -0.15) is 0 Å². The van der Waals surface area contributed by atoms with Gasteiger partial charge in [-0.05, 0) is 330 Å². The molecule has 2 aliphatic carbocycles. The van der Waals surface area contributed by atoms with Crippen molar-refractivity contribution >= 4 is 149 Å². The first-order valence-electron chi connectivity index (χ1n) is 49.0. The summed E-state index contributed by atoms with van der Waals surface area (Å²) in [6.07, 6.45) is 1.71. The van der Waals surface area contributed by atoms with Gasteiger partial charge in [-0.15, -0.1) is 13.2 Å². The predicted octanol–water partition coefficient (Wildman–Crippen LogP) is 24.7. The first kappa shape index (κ1) is 115. The maximum absolute atomic E-state index is 14.4. The number of carbonyl (C=O) groups is 6.